The molecule has 2 N–H and O–H groups in total. The Morgan fingerprint density at radius 1 is 1.20 bits per heavy atom. The van der Waals surface area contributed by atoms with Crippen LogP contribution in [-0.2, 0) is 0 Å². The summed E-state index contributed by atoms with van der Waals surface area (Å²) in [4.78, 5) is 16.8. The van der Waals surface area contributed by atoms with Crippen molar-refractivity contribution in [2.75, 3.05) is 32.7 Å². The number of hydrogen-bond donors (Lipinski definition) is 1. The Balaban J connectivity index is 1.89. The molecule has 0 aromatic heterocycles. The van der Waals surface area contributed by atoms with E-state index < -0.39 is 0 Å². The second-order valence-corrected chi connectivity index (χ2v) is 5.33. The van der Waals surface area contributed by atoms with Crippen molar-refractivity contribution in [3.05, 3.63) is 35.9 Å². The normalized spacial score (nSPS) is 18.0. The minimum Gasteiger partial charge on any atom is -0.336 e. The van der Waals surface area contributed by atoms with Crippen LogP contribution in [-0.4, -0.2) is 54.5 Å². The average molecular weight is 275 g/mol. The molecule has 1 unspecified atom stereocenters. The Morgan fingerprint density at radius 2 is 1.85 bits per heavy atom. The second-order valence-electron chi connectivity index (χ2n) is 5.33. The molecule has 1 aliphatic rings. The van der Waals surface area contributed by atoms with E-state index in [0.29, 0.717) is 6.04 Å². The highest BCUT2D eigenvalue weighted by Crippen LogP contribution is 2.14. The summed E-state index contributed by atoms with van der Waals surface area (Å²) in [5.41, 5.74) is 6.46. The first-order valence-electron chi connectivity index (χ1n) is 7.54. The van der Waals surface area contributed by atoms with Gasteiger partial charge in [0.1, 0.15) is 0 Å². The summed E-state index contributed by atoms with van der Waals surface area (Å²) in [5.74, 6) is 0.150. The number of amides is 1. The fraction of sp³-hybridized carbons (Fsp3) is 0.562. The molecule has 1 heterocycles. The van der Waals surface area contributed by atoms with Gasteiger partial charge in [0.2, 0.25) is 0 Å². The quantitative estimate of drug-likeness (QED) is 0.887. The molecular weight excluding hydrogens is 250 g/mol. The molecule has 1 aromatic carbocycles. The summed E-state index contributed by atoms with van der Waals surface area (Å²) in [6, 6.07) is 10.1. The van der Waals surface area contributed by atoms with E-state index in [2.05, 4.69) is 11.8 Å². The van der Waals surface area contributed by atoms with Gasteiger partial charge >= 0.3 is 0 Å². The molecule has 1 fully saturated rings. The first kappa shape index (κ1) is 15.0. The largest absolute Gasteiger partial charge is 0.336 e. The summed E-state index contributed by atoms with van der Waals surface area (Å²) in [7, 11) is 0. The van der Waals surface area contributed by atoms with Gasteiger partial charge in [-0.3, -0.25) is 9.69 Å². The maximum atomic E-state index is 12.4. The summed E-state index contributed by atoms with van der Waals surface area (Å²) in [5, 5.41) is 0. The van der Waals surface area contributed by atoms with Gasteiger partial charge in [0.15, 0.2) is 0 Å². The van der Waals surface area contributed by atoms with Gasteiger partial charge in [-0.2, -0.15) is 0 Å². The number of benzene rings is 1. The number of hydrogen-bond acceptors (Lipinski definition) is 3. The highest BCUT2D eigenvalue weighted by molar-refractivity contribution is 5.94. The second kappa shape index (κ2) is 7.41. The Morgan fingerprint density at radius 3 is 2.40 bits per heavy atom. The molecule has 1 atom stereocenters. The number of carbonyl (C=O) groups excluding carboxylic acids is 1. The molecule has 2 rings (SSSR count). The van der Waals surface area contributed by atoms with Gasteiger partial charge in [-0.15, -0.1) is 0 Å². The van der Waals surface area contributed by atoms with Crippen LogP contribution in [0.15, 0.2) is 30.3 Å². The van der Waals surface area contributed by atoms with Crippen LogP contribution < -0.4 is 5.73 Å². The summed E-state index contributed by atoms with van der Waals surface area (Å²) in [6.07, 6.45) is 2.17. The fourth-order valence-electron chi connectivity index (χ4n) is 2.89. The molecular formula is C16H25N3O. The molecule has 0 spiro atoms. The molecule has 20 heavy (non-hydrogen) atoms. The minimum absolute atomic E-state index is 0.150. The standard InChI is InChI=1S/C16H25N3O/c1-2-15(8-9-17)18-10-12-19(13-11-18)16(20)14-6-4-3-5-7-14/h3-7,15H,2,8-13,17H2,1H3. The molecule has 1 aromatic rings. The number of carbonyl (C=O) groups is 1. The van der Waals surface area contributed by atoms with Crippen molar-refractivity contribution in [2.24, 2.45) is 5.73 Å². The van der Waals surface area contributed by atoms with E-state index >= 15 is 0 Å². The number of nitrogens with zero attached hydrogens (tertiary/aromatic N) is 2. The third-order valence-corrected chi connectivity index (χ3v) is 4.11. The van der Waals surface area contributed by atoms with Crippen molar-refractivity contribution in [2.45, 2.75) is 25.8 Å². The zero-order valence-corrected chi connectivity index (χ0v) is 12.3. The predicted molar refractivity (Wildman–Crippen MR) is 81.7 cm³/mol. The van der Waals surface area contributed by atoms with E-state index in [0.717, 1.165) is 51.1 Å². The van der Waals surface area contributed by atoms with Crippen molar-refractivity contribution >= 4 is 5.91 Å². The third kappa shape index (κ3) is 3.58. The van der Waals surface area contributed by atoms with E-state index in [-0.39, 0.29) is 5.91 Å². The Bertz CT molecular complexity index is 413. The lowest BCUT2D eigenvalue weighted by molar-refractivity contribution is 0.0557. The third-order valence-electron chi connectivity index (χ3n) is 4.11. The first-order chi connectivity index (χ1) is 9.76. The van der Waals surface area contributed by atoms with E-state index in [9.17, 15) is 4.79 Å². The van der Waals surface area contributed by atoms with E-state index in [1.807, 2.05) is 35.2 Å². The summed E-state index contributed by atoms with van der Waals surface area (Å²) >= 11 is 0. The SMILES string of the molecule is CCC(CCN)N1CCN(C(=O)c2ccccc2)CC1. The van der Waals surface area contributed by atoms with Crippen molar-refractivity contribution in [3.63, 3.8) is 0 Å². The molecule has 4 heteroatoms. The van der Waals surface area contributed by atoms with Gasteiger partial charge in [-0.25, -0.2) is 0 Å². The molecule has 110 valence electrons. The predicted octanol–water partition coefficient (Wildman–Crippen LogP) is 1.57. The van der Waals surface area contributed by atoms with Gasteiger partial charge in [0.25, 0.3) is 5.91 Å². The van der Waals surface area contributed by atoms with Crippen LogP contribution in [0.2, 0.25) is 0 Å². The molecule has 1 aliphatic heterocycles. The molecule has 0 radical (unpaired) electrons. The molecule has 0 saturated carbocycles. The van der Waals surface area contributed by atoms with Crippen LogP contribution in [0.25, 0.3) is 0 Å². The fourth-order valence-corrected chi connectivity index (χ4v) is 2.89. The van der Waals surface area contributed by atoms with Gasteiger partial charge in [0.05, 0.1) is 0 Å². The van der Waals surface area contributed by atoms with Crippen LogP contribution in [0.4, 0.5) is 0 Å². The molecule has 1 saturated heterocycles. The average Bonchev–Trinajstić information content (AvgIpc) is 2.53. The van der Waals surface area contributed by atoms with Crippen LogP contribution >= 0.6 is 0 Å². The summed E-state index contributed by atoms with van der Waals surface area (Å²) in [6.45, 7) is 6.49. The topological polar surface area (TPSA) is 49.6 Å². The van der Waals surface area contributed by atoms with Crippen molar-refractivity contribution < 1.29 is 4.79 Å². The maximum absolute atomic E-state index is 12.4. The Kier molecular flexibility index (Phi) is 5.56. The molecule has 0 bridgehead atoms. The molecule has 0 aliphatic carbocycles. The Hall–Kier alpha value is -1.39. The number of rotatable bonds is 5. The van der Waals surface area contributed by atoms with Crippen LogP contribution in [0.1, 0.15) is 30.1 Å². The van der Waals surface area contributed by atoms with E-state index in [1.165, 1.54) is 0 Å². The van der Waals surface area contributed by atoms with Crippen LogP contribution in [0.5, 0.6) is 0 Å². The number of nitrogens with two attached hydrogens (primary N) is 1. The number of piperazine rings is 1. The van der Waals surface area contributed by atoms with Crippen molar-refractivity contribution in [1.82, 2.24) is 9.80 Å². The maximum Gasteiger partial charge on any atom is 0.253 e. The van der Waals surface area contributed by atoms with Crippen LogP contribution in [0, 0.1) is 0 Å². The van der Waals surface area contributed by atoms with Gasteiger partial charge in [-0.05, 0) is 31.5 Å². The van der Waals surface area contributed by atoms with Crippen LogP contribution in [0.3, 0.4) is 0 Å². The summed E-state index contributed by atoms with van der Waals surface area (Å²) < 4.78 is 0. The highest BCUT2D eigenvalue weighted by atomic mass is 16.2. The van der Waals surface area contributed by atoms with E-state index in [1.54, 1.807) is 0 Å². The van der Waals surface area contributed by atoms with Gasteiger partial charge in [-0.1, -0.05) is 25.1 Å². The lowest BCUT2D eigenvalue weighted by Gasteiger charge is -2.39. The molecule has 1 amide bonds. The zero-order valence-electron chi connectivity index (χ0n) is 12.3. The van der Waals surface area contributed by atoms with Crippen molar-refractivity contribution in [3.8, 4) is 0 Å². The highest BCUT2D eigenvalue weighted by Gasteiger charge is 2.25. The monoisotopic (exact) mass is 275 g/mol. The smallest absolute Gasteiger partial charge is 0.253 e. The lowest BCUT2D eigenvalue weighted by atomic mass is 10.1. The molecule has 4 nitrogen and oxygen atoms in total. The minimum atomic E-state index is 0.150. The Labute approximate surface area is 121 Å². The van der Waals surface area contributed by atoms with Gasteiger partial charge in [0, 0.05) is 37.8 Å². The first-order valence-corrected chi connectivity index (χ1v) is 7.54. The van der Waals surface area contributed by atoms with Crippen molar-refractivity contribution in [1.29, 1.82) is 0 Å². The lowest BCUT2D eigenvalue weighted by Crippen LogP contribution is -2.52. The van der Waals surface area contributed by atoms with Gasteiger partial charge < -0.3 is 10.6 Å². The van der Waals surface area contributed by atoms with E-state index in [4.69, 9.17) is 5.73 Å². The zero-order chi connectivity index (χ0) is 14.4.